The van der Waals surface area contributed by atoms with E-state index >= 15 is 0 Å². The second kappa shape index (κ2) is 4.88. The lowest BCUT2D eigenvalue weighted by atomic mass is 9.89. The first-order valence-electron chi connectivity index (χ1n) is 6.07. The van der Waals surface area contributed by atoms with Gasteiger partial charge in [0.25, 0.3) is 0 Å². The fourth-order valence-corrected chi connectivity index (χ4v) is 2.87. The maximum Gasteiger partial charge on any atom is 0.303 e. The Hall–Kier alpha value is -1.35. The molecule has 0 radical (unpaired) electrons. The maximum absolute atomic E-state index is 10.9. The number of carbonyl (C=O) groups is 1. The number of carboxylic acid groups (broad SMARTS) is 1. The SMILES string of the molecule is Cc1ccccc1C1C(CC(=O)O)CCN1C. The zero-order chi connectivity index (χ0) is 12.4. The highest BCUT2D eigenvalue weighted by Crippen LogP contribution is 2.39. The van der Waals surface area contributed by atoms with E-state index in [0.717, 1.165) is 13.0 Å². The molecule has 1 saturated heterocycles. The van der Waals surface area contributed by atoms with Gasteiger partial charge in [0.15, 0.2) is 0 Å². The predicted molar refractivity (Wildman–Crippen MR) is 66.9 cm³/mol. The minimum absolute atomic E-state index is 0.235. The highest BCUT2D eigenvalue weighted by molar-refractivity contribution is 5.67. The van der Waals surface area contributed by atoms with Gasteiger partial charge in [-0.25, -0.2) is 0 Å². The molecule has 0 aromatic heterocycles. The Labute approximate surface area is 102 Å². The van der Waals surface area contributed by atoms with Gasteiger partial charge in [0.2, 0.25) is 0 Å². The van der Waals surface area contributed by atoms with E-state index in [2.05, 4.69) is 31.0 Å². The summed E-state index contributed by atoms with van der Waals surface area (Å²) < 4.78 is 0. The summed E-state index contributed by atoms with van der Waals surface area (Å²) in [4.78, 5) is 13.2. The fourth-order valence-electron chi connectivity index (χ4n) is 2.87. The van der Waals surface area contributed by atoms with E-state index in [4.69, 9.17) is 5.11 Å². The van der Waals surface area contributed by atoms with Gasteiger partial charge in [-0.05, 0) is 44.0 Å². The summed E-state index contributed by atoms with van der Waals surface area (Å²) in [6, 6.07) is 8.54. The first kappa shape index (κ1) is 12.1. The van der Waals surface area contributed by atoms with Crippen LogP contribution in [0.3, 0.4) is 0 Å². The summed E-state index contributed by atoms with van der Waals surface area (Å²) in [6.45, 7) is 3.08. The number of aliphatic carboxylic acids is 1. The Bertz CT molecular complexity index is 416. The van der Waals surface area contributed by atoms with Crippen LogP contribution in [-0.2, 0) is 4.79 Å². The molecule has 17 heavy (non-hydrogen) atoms. The van der Waals surface area contributed by atoms with E-state index in [9.17, 15) is 4.79 Å². The van der Waals surface area contributed by atoms with Crippen molar-refractivity contribution >= 4 is 5.97 Å². The third kappa shape index (κ3) is 2.50. The van der Waals surface area contributed by atoms with Crippen molar-refractivity contribution in [1.29, 1.82) is 0 Å². The van der Waals surface area contributed by atoms with Gasteiger partial charge in [-0.3, -0.25) is 9.69 Å². The van der Waals surface area contributed by atoms with E-state index in [-0.39, 0.29) is 18.4 Å². The Balaban J connectivity index is 2.27. The number of benzene rings is 1. The standard InChI is InChI=1S/C14H19NO2/c1-10-5-3-4-6-12(10)14-11(9-13(16)17)7-8-15(14)2/h3-6,11,14H,7-9H2,1-2H3,(H,16,17). The molecular weight excluding hydrogens is 214 g/mol. The van der Waals surface area contributed by atoms with Gasteiger partial charge in [-0.15, -0.1) is 0 Å². The fraction of sp³-hybridized carbons (Fsp3) is 0.500. The second-order valence-electron chi connectivity index (χ2n) is 4.93. The zero-order valence-electron chi connectivity index (χ0n) is 10.4. The molecule has 3 heteroatoms. The monoisotopic (exact) mass is 233 g/mol. The number of carboxylic acids is 1. The van der Waals surface area contributed by atoms with Crippen LogP contribution in [0.25, 0.3) is 0 Å². The normalized spacial score (nSPS) is 25.1. The van der Waals surface area contributed by atoms with Crippen LogP contribution in [0.15, 0.2) is 24.3 Å². The number of nitrogens with zero attached hydrogens (tertiary/aromatic N) is 1. The summed E-state index contributed by atoms with van der Waals surface area (Å²) >= 11 is 0. The molecule has 1 aromatic rings. The van der Waals surface area contributed by atoms with Gasteiger partial charge in [-0.1, -0.05) is 24.3 Å². The van der Waals surface area contributed by atoms with Crippen LogP contribution in [0.1, 0.15) is 30.0 Å². The van der Waals surface area contributed by atoms with Crippen molar-refractivity contribution in [2.24, 2.45) is 5.92 Å². The molecule has 1 N–H and O–H groups in total. The Kier molecular flexibility index (Phi) is 3.48. The van der Waals surface area contributed by atoms with Crippen LogP contribution in [0.4, 0.5) is 0 Å². The van der Waals surface area contributed by atoms with E-state index in [1.165, 1.54) is 11.1 Å². The molecule has 1 aliphatic rings. The summed E-state index contributed by atoms with van der Waals surface area (Å²) in [6.07, 6.45) is 1.24. The molecule has 92 valence electrons. The zero-order valence-corrected chi connectivity index (χ0v) is 10.4. The van der Waals surface area contributed by atoms with E-state index < -0.39 is 5.97 Å². The third-order valence-electron chi connectivity index (χ3n) is 3.72. The topological polar surface area (TPSA) is 40.5 Å². The van der Waals surface area contributed by atoms with Crippen molar-refractivity contribution in [1.82, 2.24) is 4.90 Å². The lowest BCUT2D eigenvalue weighted by Gasteiger charge is -2.26. The van der Waals surface area contributed by atoms with Gasteiger partial charge in [-0.2, -0.15) is 0 Å². The van der Waals surface area contributed by atoms with Gasteiger partial charge in [0.05, 0.1) is 6.42 Å². The molecule has 3 nitrogen and oxygen atoms in total. The van der Waals surface area contributed by atoms with Crippen LogP contribution in [0, 0.1) is 12.8 Å². The molecular formula is C14H19NO2. The molecule has 0 amide bonds. The largest absolute Gasteiger partial charge is 0.481 e. The Morgan fingerprint density at radius 2 is 2.18 bits per heavy atom. The molecule has 0 bridgehead atoms. The molecule has 0 saturated carbocycles. The minimum Gasteiger partial charge on any atom is -0.481 e. The first-order chi connectivity index (χ1) is 8.09. The van der Waals surface area contributed by atoms with Crippen LogP contribution in [0.5, 0.6) is 0 Å². The summed E-state index contributed by atoms with van der Waals surface area (Å²) in [7, 11) is 2.08. The molecule has 1 aliphatic heterocycles. The number of hydrogen-bond donors (Lipinski definition) is 1. The van der Waals surface area contributed by atoms with Gasteiger partial charge in [0, 0.05) is 6.04 Å². The van der Waals surface area contributed by atoms with E-state index in [0.29, 0.717) is 0 Å². The molecule has 1 heterocycles. The molecule has 2 rings (SSSR count). The quantitative estimate of drug-likeness (QED) is 0.871. The third-order valence-corrected chi connectivity index (χ3v) is 3.72. The average molecular weight is 233 g/mol. The molecule has 0 spiro atoms. The second-order valence-corrected chi connectivity index (χ2v) is 4.93. The lowest BCUT2D eigenvalue weighted by Crippen LogP contribution is -2.23. The average Bonchev–Trinajstić information content (AvgIpc) is 2.60. The number of likely N-dealkylation sites (tertiary alicyclic amines) is 1. The van der Waals surface area contributed by atoms with Crippen molar-refractivity contribution in [2.75, 3.05) is 13.6 Å². The van der Waals surface area contributed by atoms with Crippen molar-refractivity contribution < 1.29 is 9.90 Å². The van der Waals surface area contributed by atoms with E-state index in [1.807, 2.05) is 12.1 Å². The van der Waals surface area contributed by atoms with E-state index in [1.54, 1.807) is 0 Å². The van der Waals surface area contributed by atoms with Gasteiger partial charge >= 0.3 is 5.97 Å². The summed E-state index contributed by atoms with van der Waals surface area (Å²) in [5, 5.41) is 8.98. The van der Waals surface area contributed by atoms with Gasteiger partial charge < -0.3 is 5.11 Å². The molecule has 1 aromatic carbocycles. The molecule has 2 atom stereocenters. The highest BCUT2D eigenvalue weighted by atomic mass is 16.4. The van der Waals surface area contributed by atoms with Crippen molar-refractivity contribution in [2.45, 2.75) is 25.8 Å². The maximum atomic E-state index is 10.9. The molecule has 0 aliphatic carbocycles. The first-order valence-corrected chi connectivity index (χ1v) is 6.07. The number of aryl methyl sites for hydroxylation is 1. The number of hydrogen-bond acceptors (Lipinski definition) is 2. The van der Waals surface area contributed by atoms with Crippen LogP contribution in [-0.4, -0.2) is 29.6 Å². The minimum atomic E-state index is -0.691. The molecule has 1 fully saturated rings. The Morgan fingerprint density at radius 3 is 2.82 bits per heavy atom. The van der Waals surface area contributed by atoms with Crippen LogP contribution >= 0.6 is 0 Å². The number of rotatable bonds is 3. The van der Waals surface area contributed by atoms with Crippen LogP contribution in [0.2, 0.25) is 0 Å². The molecule has 2 unspecified atom stereocenters. The Morgan fingerprint density at radius 1 is 1.47 bits per heavy atom. The lowest BCUT2D eigenvalue weighted by molar-refractivity contribution is -0.138. The van der Waals surface area contributed by atoms with Gasteiger partial charge in [0.1, 0.15) is 0 Å². The summed E-state index contributed by atoms with van der Waals surface area (Å²) in [5.74, 6) is -0.456. The highest BCUT2D eigenvalue weighted by Gasteiger charge is 2.34. The van der Waals surface area contributed by atoms with Crippen molar-refractivity contribution in [3.05, 3.63) is 35.4 Å². The predicted octanol–water partition coefficient (Wildman–Crippen LogP) is 2.46. The summed E-state index contributed by atoms with van der Waals surface area (Å²) in [5.41, 5.74) is 2.53. The van der Waals surface area contributed by atoms with Crippen molar-refractivity contribution in [3.63, 3.8) is 0 Å². The smallest absolute Gasteiger partial charge is 0.303 e. The van der Waals surface area contributed by atoms with Crippen molar-refractivity contribution in [3.8, 4) is 0 Å². The van der Waals surface area contributed by atoms with Crippen LogP contribution < -0.4 is 0 Å².